The van der Waals surface area contributed by atoms with Crippen molar-refractivity contribution >= 4 is 18.4 Å². The Labute approximate surface area is 135 Å². The molecule has 0 saturated carbocycles. The van der Waals surface area contributed by atoms with E-state index in [0.717, 1.165) is 0 Å². The zero-order chi connectivity index (χ0) is 16.4. The van der Waals surface area contributed by atoms with Crippen LogP contribution >= 0.6 is 12.2 Å². The van der Waals surface area contributed by atoms with Crippen molar-refractivity contribution in [1.29, 1.82) is 0 Å². The Hall–Kier alpha value is -3.00. The lowest BCUT2D eigenvalue weighted by Crippen LogP contribution is -1.95. The minimum atomic E-state index is -0.355. The van der Waals surface area contributed by atoms with Gasteiger partial charge in [0.2, 0.25) is 4.77 Å². The second-order valence-electron chi connectivity index (χ2n) is 4.66. The molecule has 116 valence electrons. The van der Waals surface area contributed by atoms with Crippen molar-refractivity contribution in [3.63, 3.8) is 0 Å². The van der Waals surface area contributed by atoms with Crippen molar-refractivity contribution in [3.05, 3.63) is 58.6 Å². The van der Waals surface area contributed by atoms with E-state index in [1.54, 1.807) is 12.1 Å². The number of nitrogens with zero attached hydrogens (tertiary/aromatic N) is 3. The fourth-order valence-corrected chi connectivity index (χ4v) is 2.13. The molecular weight excluding hydrogens is 319 g/mol. The summed E-state index contributed by atoms with van der Waals surface area (Å²) in [6, 6.07) is 9.89. The van der Waals surface area contributed by atoms with E-state index in [0.29, 0.717) is 17.0 Å². The molecular formula is C15H11FN4O2S. The van der Waals surface area contributed by atoms with Crippen LogP contribution in [0.2, 0.25) is 0 Å². The molecule has 0 bridgehead atoms. The highest BCUT2D eigenvalue weighted by Gasteiger charge is 2.08. The fraction of sp³-hybridized carbons (Fsp3) is 0. The van der Waals surface area contributed by atoms with Crippen molar-refractivity contribution in [1.82, 2.24) is 14.9 Å². The molecule has 0 unspecified atom stereocenters. The summed E-state index contributed by atoms with van der Waals surface area (Å²) in [4.78, 5) is 0. The standard InChI is InChI=1S/C15H11FN4O2S/c16-11-4-1-9(2-5-11)14-18-19-15(23)20(14)17-8-10-3-6-12(21)7-13(10)22/h1-8,21-22H,(H,19,23)/b17-8+. The third kappa shape index (κ3) is 3.11. The number of phenols is 2. The Balaban J connectivity index is 2.00. The van der Waals surface area contributed by atoms with Gasteiger partial charge in [0.15, 0.2) is 5.82 Å². The highest BCUT2D eigenvalue weighted by molar-refractivity contribution is 7.71. The molecule has 1 aromatic heterocycles. The number of aromatic hydroxyl groups is 2. The van der Waals surface area contributed by atoms with Gasteiger partial charge < -0.3 is 10.2 Å². The van der Waals surface area contributed by atoms with Crippen LogP contribution in [-0.2, 0) is 0 Å². The van der Waals surface area contributed by atoms with Crippen LogP contribution in [0.5, 0.6) is 11.5 Å². The van der Waals surface area contributed by atoms with Gasteiger partial charge in [-0.3, -0.25) is 0 Å². The minimum absolute atomic E-state index is 0.0495. The number of nitrogens with one attached hydrogen (secondary N) is 1. The van der Waals surface area contributed by atoms with Crippen molar-refractivity contribution in [2.45, 2.75) is 0 Å². The summed E-state index contributed by atoms with van der Waals surface area (Å²) in [6.07, 6.45) is 1.38. The number of phenolic OH excluding ortho intramolecular Hbond substituents is 2. The highest BCUT2D eigenvalue weighted by atomic mass is 32.1. The number of benzene rings is 2. The van der Waals surface area contributed by atoms with Gasteiger partial charge in [0.1, 0.15) is 17.3 Å². The summed E-state index contributed by atoms with van der Waals surface area (Å²) in [7, 11) is 0. The van der Waals surface area contributed by atoms with E-state index >= 15 is 0 Å². The normalized spacial score (nSPS) is 11.2. The van der Waals surface area contributed by atoms with Gasteiger partial charge >= 0.3 is 0 Å². The lowest BCUT2D eigenvalue weighted by atomic mass is 10.2. The number of hydrogen-bond donors (Lipinski definition) is 3. The Morgan fingerprint density at radius 2 is 1.91 bits per heavy atom. The van der Waals surface area contributed by atoms with Gasteiger partial charge in [0.05, 0.1) is 6.21 Å². The zero-order valence-electron chi connectivity index (χ0n) is 11.6. The van der Waals surface area contributed by atoms with Crippen molar-refractivity contribution < 1.29 is 14.6 Å². The van der Waals surface area contributed by atoms with Crippen LogP contribution in [0, 0.1) is 10.6 Å². The molecule has 2 aromatic carbocycles. The Morgan fingerprint density at radius 1 is 1.17 bits per heavy atom. The van der Waals surface area contributed by atoms with E-state index in [1.807, 2.05) is 0 Å². The maximum atomic E-state index is 13.0. The summed E-state index contributed by atoms with van der Waals surface area (Å²) in [6.45, 7) is 0. The van der Waals surface area contributed by atoms with Crippen molar-refractivity contribution in [2.75, 3.05) is 0 Å². The number of aromatic amines is 1. The Kier molecular flexibility index (Phi) is 3.90. The maximum absolute atomic E-state index is 13.0. The summed E-state index contributed by atoms with van der Waals surface area (Å²) >= 11 is 5.12. The summed E-state index contributed by atoms with van der Waals surface area (Å²) in [5.41, 5.74) is 1.03. The van der Waals surface area contributed by atoms with Gasteiger partial charge in [-0.2, -0.15) is 14.9 Å². The SMILES string of the molecule is Oc1ccc(/C=N/n2c(-c3ccc(F)cc3)n[nH]c2=S)c(O)c1. The molecule has 0 aliphatic rings. The lowest BCUT2D eigenvalue weighted by molar-refractivity contribution is 0.450. The van der Waals surface area contributed by atoms with Crippen LogP contribution in [0.25, 0.3) is 11.4 Å². The predicted octanol–water partition coefficient (Wildman–Crippen LogP) is 3.04. The van der Waals surface area contributed by atoms with E-state index < -0.39 is 0 Å². The molecule has 3 N–H and O–H groups in total. The van der Waals surface area contributed by atoms with Gasteiger partial charge in [0, 0.05) is 17.2 Å². The summed E-state index contributed by atoms with van der Waals surface area (Å²) in [5, 5.41) is 29.9. The molecule has 0 saturated heterocycles. The van der Waals surface area contributed by atoms with Crippen LogP contribution in [0.1, 0.15) is 5.56 Å². The van der Waals surface area contributed by atoms with Crippen LogP contribution in [0.15, 0.2) is 47.6 Å². The zero-order valence-corrected chi connectivity index (χ0v) is 12.5. The fourth-order valence-electron chi connectivity index (χ4n) is 1.95. The first-order chi connectivity index (χ1) is 11.0. The quantitative estimate of drug-likeness (QED) is 0.509. The molecule has 0 fully saturated rings. The molecule has 0 radical (unpaired) electrons. The molecule has 3 rings (SSSR count). The highest BCUT2D eigenvalue weighted by Crippen LogP contribution is 2.22. The molecule has 23 heavy (non-hydrogen) atoms. The van der Waals surface area contributed by atoms with Crippen molar-refractivity contribution in [3.8, 4) is 22.9 Å². The number of rotatable bonds is 3. The second kappa shape index (κ2) is 6.01. The van der Waals surface area contributed by atoms with Crippen LogP contribution in [-0.4, -0.2) is 31.3 Å². The molecule has 0 aliphatic carbocycles. The van der Waals surface area contributed by atoms with E-state index in [9.17, 15) is 14.6 Å². The molecule has 3 aromatic rings. The number of H-pyrrole nitrogens is 1. The van der Waals surface area contributed by atoms with Crippen LogP contribution in [0.4, 0.5) is 4.39 Å². The largest absolute Gasteiger partial charge is 0.508 e. The van der Waals surface area contributed by atoms with Gasteiger partial charge in [-0.15, -0.1) is 0 Å². The lowest BCUT2D eigenvalue weighted by Gasteiger charge is -2.02. The van der Waals surface area contributed by atoms with E-state index in [-0.39, 0.29) is 22.1 Å². The predicted molar refractivity (Wildman–Crippen MR) is 85.6 cm³/mol. The first-order valence-corrected chi connectivity index (χ1v) is 6.95. The van der Waals surface area contributed by atoms with Gasteiger partial charge in [0.25, 0.3) is 0 Å². The number of aromatic nitrogens is 3. The smallest absolute Gasteiger partial charge is 0.216 e. The molecule has 0 aliphatic heterocycles. The average molecular weight is 330 g/mol. The third-order valence-electron chi connectivity index (χ3n) is 3.08. The minimum Gasteiger partial charge on any atom is -0.508 e. The number of hydrogen-bond acceptors (Lipinski definition) is 5. The molecule has 6 nitrogen and oxygen atoms in total. The molecule has 1 heterocycles. The van der Waals surface area contributed by atoms with Crippen LogP contribution < -0.4 is 0 Å². The second-order valence-corrected chi connectivity index (χ2v) is 5.05. The van der Waals surface area contributed by atoms with E-state index in [1.165, 1.54) is 41.2 Å². The first-order valence-electron chi connectivity index (χ1n) is 6.54. The van der Waals surface area contributed by atoms with Crippen molar-refractivity contribution in [2.24, 2.45) is 5.10 Å². The summed E-state index contributed by atoms with van der Waals surface area (Å²) < 4.78 is 14.6. The molecule has 0 spiro atoms. The van der Waals surface area contributed by atoms with Crippen LogP contribution in [0.3, 0.4) is 0 Å². The monoisotopic (exact) mass is 330 g/mol. The maximum Gasteiger partial charge on any atom is 0.216 e. The Bertz CT molecular complexity index is 931. The molecule has 8 heteroatoms. The molecule has 0 amide bonds. The van der Waals surface area contributed by atoms with Gasteiger partial charge in [-0.05, 0) is 48.6 Å². The molecule has 0 atom stereocenters. The van der Waals surface area contributed by atoms with E-state index in [2.05, 4.69) is 15.3 Å². The first kappa shape index (κ1) is 14.9. The number of halogens is 1. The van der Waals surface area contributed by atoms with E-state index in [4.69, 9.17) is 12.2 Å². The third-order valence-corrected chi connectivity index (χ3v) is 3.34. The topological polar surface area (TPSA) is 86.4 Å². The van der Waals surface area contributed by atoms with Gasteiger partial charge in [-0.1, -0.05) is 0 Å². The summed E-state index contributed by atoms with van der Waals surface area (Å²) in [5.74, 6) is -0.116. The Morgan fingerprint density at radius 3 is 2.61 bits per heavy atom. The average Bonchev–Trinajstić information content (AvgIpc) is 2.88. The van der Waals surface area contributed by atoms with Gasteiger partial charge in [-0.25, -0.2) is 9.49 Å².